The summed E-state index contributed by atoms with van der Waals surface area (Å²) in [6.45, 7) is 4.37. The number of benzene rings is 2. The van der Waals surface area contributed by atoms with Gasteiger partial charge >= 0.3 is 5.97 Å². The molecule has 8 heteroatoms. The average molecular weight is 372 g/mol. The number of aryl methyl sites for hydroxylation is 1. The molecule has 1 N–H and O–H groups in total. The maximum absolute atomic E-state index is 12.1. The summed E-state index contributed by atoms with van der Waals surface area (Å²) >= 11 is 0. The van der Waals surface area contributed by atoms with Gasteiger partial charge in [-0.2, -0.15) is 0 Å². The summed E-state index contributed by atoms with van der Waals surface area (Å²) in [6.07, 6.45) is -0.907. The highest BCUT2D eigenvalue weighted by Crippen LogP contribution is 2.30. The predicted octanol–water partition coefficient (Wildman–Crippen LogP) is 3.16. The first-order valence-electron chi connectivity index (χ1n) is 8.22. The Hall–Kier alpha value is -3.42. The lowest BCUT2D eigenvalue weighted by Crippen LogP contribution is -2.30. The molecule has 0 heterocycles. The zero-order valence-electron chi connectivity index (χ0n) is 15.2. The minimum atomic E-state index is -0.907. The van der Waals surface area contributed by atoms with E-state index in [2.05, 4.69) is 5.32 Å². The summed E-state index contributed by atoms with van der Waals surface area (Å²) in [7, 11) is 0. The fraction of sp³-hybridized carbons (Fsp3) is 0.263. The van der Waals surface area contributed by atoms with Gasteiger partial charge in [-0.15, -0.1) is 0 Å². The number of carbonyl (C=O) groups excluding carboxylic acids is 2. The molecule has 8 nitrogen and oxygen atoms in total. The van der Waals surface area contributed by atoms with Crippen molar-refractivity contribution in [3.05, 3.63) is 63.7 Å². The topological polar surface area (TPSA) is 108 Å². The number of nitrogens with one attached hydrogen (secondary N) is 1. The Kier molecular flexibility index (Phi) is 6.48. The fourth-order valence-electron chi connectivity index (χ4n) is 2.29. The first-order chi connectivity index (χ1) is 12.8. The number of esters is 1. The Bertz CT molecular complexity index is 851. The number of para-hydroxylation sites is 1. The Labute approximate surface area is 156 Å². The first-order valence-corrected chi connectivity index (χ1v) is 8.22. The van der Waals surface area contributed by atoms with Gasteiger partial charge in [-0.05, 0) is 44.0 Å². The SMILES string of the molecule is Cc1ccc([N+](=O)[O-])c(NC(=O)COC(=O)[C@@H](C)Oc2ccccc2)c1C. The van der Waals surface area contributed by atoms with Crippen LogP contribution in [-0.4, -0.2) is 29.5 Å². The molecule has 0 saturated heterocycles. The number of hydrogen-bond acceptors (Lipinski definition) is 6. The average Bonchev–Trinajstić information content (AvgIpc) is 2.64. The number of anilines is 1. The highest BCUT2D eigenvalue weighted by atomic mass is 16.6. The van der Waals surface area contributed by atoms with Crippen LogP contribution in [0.3, 0.4) is 0 Å². The molecule has 2 aromatic rings. The van der Waals surface area contributed by atoms with Crippen LogP contribution >= 0.6 is 0 Å². The number of nitrogens with zero attached hydrogens (tertiary/aromatic N) is 1. The van der Waals surface area contributed by atoms with Crippen LogP contribution in [0.2, 0.25) is 0 Å². The lowest BCUT2D eigenvalue weighted by molar-refractivity contribution is -0.384. The zero-order chi connectivity index (χ0) is 20.0. The van der Waals surface area contributed by atoms with E-state index in [0.717, 1.165) is 5.56 Å². The van der Waals surface area contributed by atoms with Crippen molar-refractivity contribution in [2.24, 2.45) is 0 Å². The highest BCUT2D eigenvalue weighted by Gasteiger charge is 2.21. The van der Waals surface area contributed by atoms with Gasteiger partial charge in [0.15, 0.2) is 12.7 Å². The maximum Gasteiger partial charge on any atom is 0.347 e. The second kappa shape index (κ2) is 8.79. The molecule has 142 valence electrons. The monoisotopic (exact) mass is 372 g/mol. The van der Waals surface area contributed by atoms with E-state index in [4.69, 9.17) is 9.47 Å². The number of hydrogen-bond donors (Lipinski definition) is 1. The van der Waals surface area contributed by atoms with Crippen LogP contribution in [0.25, 0.3) is 0 Å². The van der Waals surface area contributed by atoms with E-state index in [1.807, 2.05) is 6.07 Å². The Morgan fingerprint density at radius 3 is 2.44 bits per heavy atom. The van der Waals surface area contributed by atoms with Gasteiger partial charge in [0, 0.05) is 6.07 Å². The highest BCUT2D eigenvalue weighted by molar-refractivity contribution is 5.96. The molecular weight excluding hydrogens is 352 g/mol. The molecular formula is C19H20N2O6. The van der Waals surface area contributed by atoms with E-state index in [9.17, 15) is 19.7 Å². The minimum absolute atomic E-state index is 0.0923. The molecule has 0 spiro atoms. The van der Waals surface area contributed by atoms with Gasteiger partial charge in [-0.25, -0.2) is 4.79 Å². The van der Waals surface area contributed by atoms with Gasteiger partial charge in [-0.1, -0.05) is 24.3 Å². The van der Waals surface area contributed by atoms with Gasteiger partial charge in [0.2, 0.25) is 0 Å². The molecule has 2 rings (SSSR count). The van der Waals surface area contributed by atoms with E-state index < -0.39 is 29.5 Å². The molecule has 0 radical (unpaired) electrons. The summed E-state index contributed by atoms with van der Waals surface area (Å²) in [6, 6.07) is 11.6. The van der Waals surface area contributed by atoms with E-state index >= 15 is 0 Å². The Balaban J connectivity index is 1.95. The van der Waals surface area contributed by atoms with E-state index in [1.165, 1.54) is 13.0 Å². The second-order valence-electron chi connectivity index (χ2n) is 5.89. The number of carbonyl (C=O) groups is 2. The van der Waals surface area contributed by atoms with Gasteiger partial charge in [-0.3, -0.25) is 14.9 Å². The van der Waals surface area contributed by atoms with Gasteiger partial charge < -0.3 is 14.8 Å². The number of nitro benzene ring substituents is 1. The van der Waals surface area contributed by atoms with Crippen LogP contribution < -0.4 is 10.1 Å². The van der Waals surface area contributed by atoms with Crippen molar-refractivity contribution in [1.82, 2.24) is 0 Å². The third-order valence-electron chi connectivity index (χ3n) is 3.91. The molecule has 0 unspecified atom stereocenters. The van der Waals surface area contributed by atoms with Crippen molar-refractivity contribution >= 4 is 23.3 Å². The quantitative estimate of drug-likeness (QED) is 0.454. The number of nitro groups is 1. The number of rotatable bonds is 7. The Morgan fingerprint density at radius 1 is 1.15 bits per heavy atom. The van der Waals surface area contributed by atoms with Crippen molar-refractivity contribution in [2.75, 3.05) is 11.9 Å². The summed E-state index contributed by atoms with van der Waals surface area (Å²) < 4.78 is 10.4. The lowest BCUT2D eigenvalue weighted by atomic mass is 10.1. The van der Waals surface area contributed by atoms with Crippen molar-refractivity contribution in [1.29, 1.82) is 0 Å². The summed E-state index contributed by atoms with van der Waals surface area (Å²) in [4.78, 5) is 34.6. The fourth-order valence-corrected chi connectivity index (χ4v) is 2.29. The van der Waals surface area contributed by atoms with Crippen LogP contribution in [0.1, 0.15) is 18.1 Å². The third-order valence-corrected chi connectivity index (χ3v) is 3.91. The molecule has 2 aromatic carbocycles. The van der Waals surface area contributed by atoms with Crippen LogP contribution in [0, 0.1) is 24.0 Å². The Morgan fingerprint density at radius 2 is 1.81 bits per heavy atom. The third kappa shape index (κ3) is 5.27. The molecule has 1 amide bonds. The molecule has 0 aliphatic rings. The number of ether oxygens (including phenoxy) is 2. The molecule has 0 aliphatic heterocycles. The molecule has 27 heavy (non-hydrogen) atoms. The lowest BCUT2D eigenvalue weighted by Gasteiger charge is -2.14. The van der Waals surface area contributed by atoms with Crippen LogP contribution in [0.4, 0.5) is 11.4 Å². The maximum atomic E-state index is 12.1. The largest absolute Gasteiger partial charge is 0.479 e. The van der Waals surface area contributed by atoms with Crippen molar-refractivity contribution in [2.45, 2.75) is 26.9 Å². The predicted molar refractivity (Wildman–Crippen MR) is 98.7 cm³/mol. The van der Waals surface area contributed by atoms with Gasteiger partial charge in [0.1, 0.15) is 11.4 Å². The minimum Gasteiger partial charge on any atom is -0.479 e. The molecule has 0 bridgehead atoms. The smallest absolute Gasteiger partial charge is 0.347 e. The molecule has 0 aromatic heterocycles. The van der Waals surface area contributed by atoms with Crippen molar-refractivity contribution < 1.29 is 24.0 Å². The molecule has 0 aliphatic carbocycles. The molecule has 0 saturated carbocycles. The van der Waals surface area contributed by atoms with Gasteiger partial charge in [0.25, 0.3) is 11.6 Å². The summed E-state index contributed by atoms with van der Waals surface area (Å²) in [5.74, 6) is -0.895. The second-order valence-corrected chi connectivity index (χ2v) is 5.89. The van der Waals surface area contributed by atoms with Gasteiger partial charge in [0.05, 0.1) is 4.92 Å². The van der Waals surface area contributed by atoms with E-state index in [0.29, 0.717) is 11.3 Å². The van der Waals surface area contributed by atoms with Crippen LogP contribution in [0.5, 0.6) is 5.75 Å². The van der Waals surface area contributed by atoms with Crippen molar-refractivity contribution in [3.63, 3.8) is 0 Å². The van der Waals surface area contributed by atoms with Crippen molar-refractivity contribution in [3.8, 4) is 5.75 Å². The summed E-state index contributed by atoms with van der Waals surface area (Å²) in [5, 5.41) is 13.6. The normalized spacial score (nSPS) is 11.4. The van der Waals surface area contributed by atoms with Crippen LogP contribution in [0.15, 0.2) is 42.5 Å². The molecule has 0 fully saturated rings. The summed E-state index contributed by atoms with van der Waals surface area (Å²) in [5.41, 5.74) is 1.23. The van der Waals surface area contributed by atoms with E-state index in [1.54, 1.807) is 44.2 Å². The standard InChI is InChI=1S/C19H20N2O6/c1-12-9-10-16(21(24)25)18(13(12)2)20-17(22)11-26-19(23)14(3)27-15-7-5-4-6-8-15/h4-10,14H,11H2,1-3H3,(H,20,22)/t14-/m1/s1. The van der Waals surface area contributed by atoms with Crippen LogP contribution in [-0.2, 0) is 14.3 Å². The van der Waals surface area contributed by atoms with E-state index in [-0.39, 0.29) is 11.4 Å². The first kappa shape index (κ1) is 19.9. The zero-order valence-corrected chi connectivity index (χ0v) is 15.2. The number of amides is 1. The molecule has 1 atom stereocenters.